The summed E-state index contributed by atoms with van der Waals surface area (Å²) >= 11 is 0. The summed E-state index contributed by atoms with van der Waals surface area (Å²) in [5.41, 5.74) is 5.68. The molecule has 0 aliphatic carbocycles. The maximum absolute atomic E-state index is 13.3. The summed E-state index contributed by atoms with van der Waals surface area (Å²) in [5, 5.41) is 0. The monoisotopic (exact) mass is 477 g/mol. The van der Waals surface area contributed by atoms with Gasteiger partial charge in [-0.25, -0.2) is 4.79 Å². The van der Waals surface area contributed by atoms with Crippen molar-refractivity contribution in [1.82, 2.24) is 14.5 Å². The summed E-state index contributed by atoms with van der Waals surface area (Å²) in [7, 11) is 6.39. The van der Waals surface area contributed by atoms with Crippen LogP contribution >= 0.6 is 0 Å². The van der Waals surface area contributed by atoms with Crippen molar-refractivity contribution >= 4 is 17.4 Å². The Bertz CT molecular complexity index is 1090. The first-order valence-electron chi connectivity index (χ1n) is 10.9. The maximum Gasteiger partial charge on any atom is 0.330 e. The number of aromatic amines is 1. The quantitative estimate of drug-likeness (QED) is 0.461. The fraction of sp³-hybridized carbons (Fsp3) is 0.522. The second-order valence-corrected chi connectivity index (χ2v) is 8.36. The fourth-order valence-electron chi connectivity index (χ4n) is 3.67. The van der Waals surface area contributed by atoms with Gasteiger partial charge in [-0.1, -0.05) is 26.0 Å². The highest BCUT2D eigenvalue weighted by molar-refractivity contribution is 5.96. The Balaban J connectivity index is 2.36. The van der Waals surface area contributed by atoms with Crippen molar-refractivity contribution in [3.05, 3.63) is 44.6 Å². The Morgan fingerprint density at radius 1 is 1.18 bits per heavy atom. The third kappa shape index (κ3) is 6.39. The maximum atomic E-state index is 13.3. The largest absolute Gasteiger partial charge is 0.493 e. The zero-order valence-corrected chi connectivity index (χ0v) is 20.7. The number of hydrogen-bond acceptors (Lipinski definition) is 8. The molecule has 3 N–H and O–H groups in total. The van der Waals surface area contributed by atoms with E-state index in [9.17, 15) is 14.4 Å². The second kappa shape index (κ2) is 12.2. The lowest BCUT2D eigenvalue weighted by Gasteiger charge is -2.27. The minimum Gasteiger partial charge on any atom is -0.493 e. The number of nitrogens with one attached hydrogen (secondary N) is 1. The van der Waals surface area contributed by atoms with Crippen molar-refractivity contribution in [1.29, 1.82) is 0 Å². The molecule has 11 heteroatoms. The average Bonchev–Trinajstić information content (AvgIpc) is 2.78. The molecule has 1 aromatic heterocycles. The van der Waals surface area contributed by atoms with Crippen molar-refractivity contribution in [2.45, 2.75) is 26.9 Å². The molecule has 11 nitrogen and oxygen atoms in total. The van der Waals surface area contributed by atoms with Gasteiger partial charge in [-0.05, 0) is 19.0 Å². The first kappa shape index (κ1) is 26.9. The number of nitrogen functional groups attached to an aromatic ring is 1. The van der Waals surface area contributed by atoms with Crippen LogP contribution in [0.2, 0.25) is 0 Å². The van der Waals surface area contributed by atoms with Gasteiger partial charge < -0.3 is 24.8 Å². The van der Waals surface area contributed by atoms with E-state index in [0.29, 0.717) is 24.6 Å². The van der Waals surface area contributed by atoms with Gasteiger partial charge in [0.05, 0.1) is 27.4 Å². The van der Waals surface area contributed by atoms with Gasteiger partial charge in [-0.2, -0.15) is 0 Å². The molecule has 0 atom stereocenters. The van der Waals surface area contributed by atoms with Gasteiger partial charge in [0.15, 0.2) is 17.2 Å². The number of aromatic nitrogens is 2. The molecule has 0 spiro atoms. The van der Waals surface area contributed by atoms with Crippen LogP contribution in [0.5, 0.6) is 11.5 Å². The van der Waals surface area contributed by atoms with E-state index < -0.39 is 11.2 Å². The van der Waals surface area contributed by atoms with Gasteiger partial charge >= 0.3 is 5.69 Å². The predicted molar refractivity (Wildman–Crippen MR) is 131 cm³/mol. The molecule has 2 rings (SSSR count). The number of methoxy groups -OCH3 is 3. The molecule has 1 amide bonds. The number of carbonyl (C=O) groups is 1. The summed E-state index contributed by atoms with van der Waals surface area (Å²) in [5.74, 6) is 0.860. The third-order valence-corrected chi connectivity index (χ3v) is 5.18. The fourth-order valence-corrected chi connectivity index (χ4v) is 3.67. The molecule has 0 aliphatic heterocycles. The summed E-state index contributed by atoms with van der Waals surface area (Å²) < 4.78 is 17.2. The van der Waals surface area contributed by atoms with E-state index in [1.54, 1.807) is 32.2 Å². The molecule has 34 heavy (non-hydrogen) atoms. The number of carbonyl (C=O) groups excluding carboxylic acids is 1. The molecule has 0 saturated carbocycles. The van der Waals surface area contributed by atoms with Crippen LogP contribution in [0.4, 0.5) is 11.5 Å². The highest BCUT2D eigenvalue weighted by Crippen LogP contribution is 2.31. The number of H-pyrrole nitrogens is 1. The summed E-state index contributed by atoms with van der Waals surface area (Å²) in [4.78, 5) is 43.7. The third-order valence-electron chi connectivity index (χ3n) is 5.18. The molecule has 0 unspecified atom stereocenters. The van der Waals surface area contributed by atoms with Crippen molar-refractivity contribution in [3.63, 3.8) is 0 Å². The van der Waals surface area contributed by atoms with E-state index in [4.69, 9.17) is 19.9 Å². The molecule has 0 radical (unpaired) electrons. The summed E-state index contributed by atoms with van der Waals surface area (Å²) in [6.45, 7) is 4.80. The van der Waals surface area contributed by atoms with Gasteiger partial charge in [0.2, 0.25) is 5.91 Å². The van der Waals surface area contributed by atoms with E-state index >= 15 is 0 Å². The predicted octanol–water partition coefficient (Wildman–Crippen LogP) is 0.903. The van der Waals surface area contributed by atoms with Crippen LogP contribution in [0.25, 0.3) is 0 Å². The number of likely N-dealkylation sites (N-methyl/N-ethyl adjacent to an activating group) is 1. The van der Waals surface area contributed by atoms with Crippen LogP contribution in [-0.4, -0.2) is 68.4 Å². The second-order valence-electron chi connectivity index (χ2n) is 8.36. The SMILES string of the molecule is COCCN(C(=O)CN(C)Cc1cccc(OC)c1OC)c1c(N)n(CC(C)C)c(=O)[nH]c1=O. The lowest BCUT2D eigenvalue weighted by molar-refractivity contribution is -0.119. The Morgan fingerprint density at radius 3 is 2.47 bits per heavy atom. The first-order valence-corrected chi connectivity index (χ1v) is 10.9. The highest BCUT2D eigenvalue weighted by atomic mass is 16.5. The molecule has 0 fully saturated rings. The van der Waals surface area contributed by atoms with Crippen LogP contribution in [0.15, 0.2) is 27.8 Å². The zero-order chi connectivity index (χ0) is 25.4. The molecule has 0 aliphatic rings. The number of amides is 1. The topological polar surface area (TPSA) is 132 Å². The number of para-hydroxylation sites is 1. The minimum absolute atomic E-state index is 0.0216. The lowest BCUT2D eigenvalue weighted by Crippen LogP contribution is -2.46. The van der Waals surface area contributed by atoms with Gasteiger partial charge in [-0.3, -0.25) is 24.0 Å². The summed E-state index contributed by atoms with van der Waals surface area (Å²) in [6, 6.07) is 5.52. The van der Waals surface area contributed by atoms with Crippen LogP contribution in [0, 0.1) is 5.92 Å². The number of nitrogens with two attached hydrogens (primary N) is 1. The Hall–Kier alpha value is -3.31. The van der Waals surface area contributed by atoms with Gasteiger partial charge in [0.25, 0.3) is 5.56 Å². The van der Waals surface area contributed by atoms with Gasteiger partial charge in [-0.15, -0.1) is 0 Å². The van der Waals surface area contributed by atoms with Gasteiger partial charge in [0.1, 0.15) is 5.82 Å². The number of benzene rings is 1. The normalized spacial score (nSPS) is 11.2. The molecule has 188 valence electrons. The smallest absolute Gasteiger partial charge is 0.330 e. The molecule has 0 bridgehead atoms. The molecule has 2 aromatic rings. The van der Waals surface area contributed by atoms with E-state index in [0.717, 1.165) is 5.56 Å². The molecular formula is C23H35N5O6. The van der Waals surface area contributed by atoms with Crippen LogP contribution in [0.1, 0.15) is 19.4 Å². The molecule has 0 saturated heterocycles. The first-order chi connectivity index (χ1) is 16.1. The number of ether oxygens (including phenoxy) is 3. The Labute approximate surface area is 199 Å². The van der Waals surface area contributed by atoms with Crippen LogP contribution in [-0.2, 0) is 22.6 Å². The van der Waals surface area contributed by atoms with Gasteiger partial charge in [0, 0.05) is 32.3 Å². The van der Waals surface area contributed by atoms with Crippen molar-refractivity contribution in [2.75, 3.05) is 58.7 Å². The number of hydrogen-bond donors (Lipinski definition) is 2. The summed E-state index contributed by atoms with van der Waals surface area (Å²) in [6.07, 6.45) is 0. The van der Waals surface area contributed by atoms with Crippen LogP contribution in [0.3, 0.4) is 0 Å². The number of anilines is 2. The van der Waals surface area contributed by atoms with E-state index in [2.05, 4.69) is 4.98 Å². The van der Waals surface area contributed by atoms with Crippen LogP contribution < -0.4 is 31.4 Å². The highest BCUT2D eigenvalue weighted by Gasteiger charge is 2.25. The zero-order valence-electron chi connectivity index (χ0n) is 20.7. The Kier molecular flexibility index (Phi) is 9.69. The van der Waals surface area contributed by atoms with Crippen molar-refractivity contribution in [2.24, 2.45) is 5.92 Å². The molecular weight excluding hydrogens is 442 g/mol. The average molecular weight is 478 g/mol. The standard InChI is InChI=1S/C23H35N5O6/c1-15(2)12-28-21(24)19(22(30)25-23(28)31)27(10-11-32-4)18(29)14-26(3)13-16-8-7-9-17(33-5)20(16)34-6/h7-9,15H,10-14,24H2,1-6H3,(H,25,30,31). The van der Waals surface area contributed by atoms with E-state index in [1.165, 1.54) is 16.6 Å². The lowest BCUT2D eigenvalue weighted by atomic mass is 10.1. The Morgan fingerprint density at radius 2 is 1.88 bits per heavy atom. The minimum atomic E-state index is -0.718. The number of rotatable bonds is 12. The van der Waals surface area contributed by atoms with E-state index in [-0.39, 0.29) is 43.0 Å². The van der Waals surface area contributed by atoms with Crippen molar-refractivity contribution in [3.8, 4) is 11.5 Å². The molecule has 1 aromatic carbocycles. The van der Waals surface area contributed by atoms with E-state index in [1.807, 2.05) is 26.0 Å². The molecule has 1 heterocycles. The number of nitrogens with zero attached hydrogens (tertiary/aromatic N) is 3. The van der Waals surface area contributed by atoms with Crippen molar-refractivity contribution < 1.29 is 19.0 Å².